The van der Waals surface area contributed by atoms with E-state index in [1.807, 2.05) is 0 Å². The van der Waals surface area contributed by atoms with Gasteiger partial charge in [-0.05, 0) is 36.4 Å². The quantitative estimate of drug-likeness (QED) is 0.418. The Morgan fingerprint density at radius 2 is 1.85 bits per heavy atom. The first-order chi connectivity index (χ1) is 15.7. The maximum absolute atomic E-state index is 14.7. The molecule has 2 aromatic rings. The molecule has 0 unspecified atom stereocenters. The van der Waals surface area contributed by atoms with Crippen LogP contribution in [0.2, 0.25) is 5.02 Å². The Labute approximate surface area is 194 Å². The monoisotopic (exact) mass is 505 g/mol. The fourth-order valence-electron chi connectivity index (χ4n) is 3.36. The molecule has 0 aromatic heterocycles. The Morgan fingerprint density at radius 3 is 2.42 bits per heavy atom. The van der Waals surface area contributed by atoms with Gasteiger partial charge in [0.1, 0.15) is 11.8 Å². The molecule has 0 bridgehead atoms. The van der Waals surface area contributed by atoms with Gasteiger partial charge in [-0.2, -0.15) is 4.31 Å². The van der Waals surface area contributed by atoms with Gasteiger partial charge in [-0.1, -0.05) is 11.6 Å². The van der Waals surface area contributed by atoms with E-state index >= 15 is 0 Å². The van der Waals surface area contributed by atoms with E-state index in [4.69, 9.17) is 26.3 Å². The molecule has 1 saturated heterocycles. The number of carbonyl (C=O) groups excluding carboxylic acids is 1. The molecule has 0 saturated carbocycles. The minimum atomic E-state index is -4.50. The van der Waals surface area contributed by atoms with E-state index in [0.29, 0.717) is 30.3 Å². The number of hydroxylamine groups is 1. The van der Waals surface area contributed by atoms with Gasteiger partial charge in [0.15, 0.2) is 17.4 Å². The number of hydrogen-bond donors (Lipinski definition) is 2. The van der Waals surface area contributed by atoms with Crippen molar-refractivity contribution < 1.29 is 36.7 Å². The average molecular weight is 506 g/mol. The molecule has 0 aliphatic carbocycles. The zero-order valence-electron chi connectivity index (χ0n) is 17.5. The molecular weight excluding hydrogens is 484 g/mol. The van der Waals surface area contributed by atoms with Crippen molar-refractivity contribution in [2.75, 3.05) is 39.9 Å². The van der Waals surface area contributed by atoms with E-state index < -0.39 is 44.3 Å². The van der Waals surface area contributed by atoms with Crippen molar-refractivity contribution in [2.24, 2.45) is 0 Å². The van der Waals surface area contributed by atoms with Crippen LogP contribution in [0, 0.1) is 11.6 Å². The Kier molecular flexibility index (Phi) is 8.21. The number of methoxy groups -OCH3 is 1. The van der Waals surface area contributed by atoms with Gasteiger partial charge in [0.05, 0.1) is 11.5 Å². The Hall–Kier alpha value is -2.35. The van der Waals surface area contributed by atoms with Gasteiger partial charge >= 0.3 is 0 Å². The van der Waals surface area contributed by atoms with Crippen LogP contribution in [0.5, 0.6) is 11.5 Å². The molecule has 3 rings (SSSR count). The highest BCUT2D eigenvalue weighted by molar-refractivity contribution is 7.89. The Bertz CT molecular complexity index is 1080. The van der Waals surface area contributed by atoms with Gasteiger partial charge < -0.3 is 9.47 Å². The summed E-state index contributed by atoms with van der Waals surface area (Å²) in [6.45, 7) is 0.847. The third-order valence-corrected chi connectivity index (χ3v) is 7.19. The lowest BCUT2D eigenvalue weighted by molar-refractivity contribution is -0.135. The first-order valence-corrected chi connectivity index (χ1v) is 11.6. The zero-order valence-corrected chi connectivity index (χ0v) is 19.1. The van der Waals surface area contributed by atoms with Crippen LogP contribution >= 0.6 is 11.6 Å². The van der Waals surface area contributed by atoms with Crippen molar-refractivity contribution in [1.29, 1.82) is 0 Å². The van der Waals surface area contributed by atoms with Crippen molar-refractivity contribution in [3.8, 4) is 11.5 Å². The van der Waals surface area contributed by atoms with Crippen molar-refractivity contribution in [2.45, 2.75) is 10.9 Å². The lowest BCUT2D eigenvalue weighted by atomic mass is 10.2. The third kappa shape index (κ3) is 5.78. The SMILES string of the molecule is COCCN1CCN(S(=O)(=O)c2cc(F)c(Oc3ccc(Cl)cc3)c(F)c2)[C@H](C(=O)NO)C1. The average Bonchev–Trinajstić information content (AvgIpc) is 2.80. The molecule has 180 valence electrons. The second-order valence-corrected chi connectivity index (χ2v) is 9.50. The van der Waals surface area contributed by atoms with Gasteiger partial charge in [0, 0.05) is 38.3 Å². The van der Waals surface area contributed by atoms with E-state index in [1.165, 1.54) is 36.9 Å². The van der Waals surface area contributed by atoms with Gasteiger partial charge in [-0.15, -0.1) is 0 Å². The van der Waals surface area contributed by atoms with Crippen molar-refractivity contribution >= 4 is 27.5 Å². The number of sulfonamides is 1. The van der Waals surface area contributed by atoms with Crippen LogP contribution < -0.4 is 10.2 Å². The molecule has 1 amide bonds. The third-order valence-electron chi connectivity index (χ3n) is 5.05. The lowest BCUT2D eigenvalue weighted by Crippen LogP contribution is -2.60. The van der Waals surface area contributed by atoms with Gasteiger partial charge in [-0.3, -0.25) is 14.9 Å². The Morgan fingerprint density at radius 1 is 1.21 bits per heavy atom. The standard InChI is InChI=1S/C20H22ClF2N3O6S/c1-31-9-8-25-6-7-26(18(12-25)20(27)24-28)33(29,30)15-10-16(22)19(17(23)11-15)32-14-4-2-13(21)3-5-14/h2-5,10-11,18,28H,6-9,12H2,1H3,(H,24,27)/t18-/m0/s1. The summed E-state index contributed by atoms with van der Waals surface area (Å²) < 4.78 is 66.7. The first kappa shape index (κ1) is 25.3. The molecular formula is C20H22ClF2N3O6S. The Balaban J connectivity index is 1.89. The first-order valence-electron chi connectivity index (χ1n) is 9.77. The smallest absolute Gasteiger partial charge is 0.263 e. The minimum absolute atomic E-state index is 0.0439. The van der Waals surface area contributed by atoms with Gasteiger partial charge in [0.2, 0.25) is 10.0 Å². The molecule has 1 atom stereocenters. The fraction of sp³-hybridized carbons (Fsp3) is 0.350. The van der Waals surface area contributed by atoms with Crippen molar-refractivity contribution in [3.63, 3.8) is 0 Å². The number of rotatable bonds is 8. The predicted octanol–water partition coefficient (Wildman–Crippen LogP) is 2.24. The largest absolute Gasteiger partial charge is 0.451 e. The summed E-state index contributed by atoms with van der Waals surface area (Å²) in [6, 6.07) is 5.64. The summed E-state index contributed by atoms with van der Waals surface area (Å²) in [6.07, 6.45) is 0. The molecule has 33 heavy (non-hydrogen) atoms. The van der Waals surface area contributed by atoms with E-state index in [2.05, 4.69) is 0 Å². The minimum Gasteiger partial charge on any atom is -0.451 e. The lowest BCUT2D eigenvalue weighted by Gasteiger charge is -2.39. The summed E-state index contributed by atoms with van der Waals surface area (Å²) in [4.78, 5) is 13.3. The molecule has 1 aliphatic heterocycles. The molecule has 1 heterocycles. The number of ether oxygens (including phenoxy) is 2. The van der Waals surface area contributed by atoms with E-state index in [0.717, 1.165) is 4.31 Å². The van der Waals surface area contributed by atoms with Crippen LogP contribution in [0.15, 0.2) is 41.3 Å². The highest BCUT2D eigenvalue weighted by Crippen LogP contribution is 2.32. The summed E-state index contributed by atoms with van der Waals surface area (Å²) >= 11 is 5.77. The maximum Gasteiger partial charge on any atom is 0.263 e. The van der Waals surface area contributed by atoms with Gasteiger partial charge in [0.25, 0.3) is 5.91 Å². The van der Waals surface area contributed by atoms with Gasteiger partial charge in [-0.25, -0.2) is 22.7 Å². The number of amides is 1. The second kappa shape index (κ2) is 10.7. The van der Waals surface area contributed by atoms with Crippen LogP contribution in [0.25, 0.3) is 0 Å². The molecule has 0 radical (unpaired) electrons. The summed E-state index contributed by atoms with van der Waals surface area (Å²) in [5.41, 5.74) is 1.45. The number of nitrogens with zero attached hydrogens (tertiary/aromatic N) is 2. The van der Waals surface area contributed by atoms with Crippen LogP contribution in [0.3, 0.4) is 0 Å². The van der Waals surface area contributed by atoms with E-state index in [9.17, 15) is 22.0 Å². The topological polar surface area (TPSA) is 108 Å². The van der Waals surface area contributed by atoms with Crippen LogP contribution in [0.1, 0.15) is 0 Å². The molecule has 1 fully saturated rings. The van der Waals surface area contributed by atoms with Crippen LogP contribution in [0.4, 0.5) is 8.78 Å². The van der Waals surface area contributed by atoms with Crippen molar-refractivity contribution in [1.82, 2.24) is 14.7 Å². The highest BCUT2D eigenvalue weighted by Gasteiger charge is 2.40. The molecule has 2 aromatic carbocycles. The fourth-order valence-corrected chi connectivity index (χ4v) is 5.08. The number of piperazine rings is 1. The normalized spacial score (nSPS) is 17.7. The molecule has 13 heteroatoms. The summed E-state index contributed by atoms with van der Waals surface area (Å²) in [5, 5.41) is 9.47. The molecule has 9 nitrogen and oxygen atoms in total. The molecule has 0 spiro atoms. The van der Waals surface area contributed by atoms with Crippen LogP contribution in [-0.4, -0.2) is 74.7 Å². The van der Waals surface area contributed by atoms with Crippen molar-refractivity contribution in [3.05, 3.63) is 53.1 Å². The zero-order chi connectivity index (χ0) is 24.2. The molecule has 2 N–H and O–H groups in total. The number of benzene rings is 2. The predicted molar refractivity (Wildman–Crippen MR) is 114 cm³/mol. The second-order valence-electron chi connectivity index (χ2n) is 7.17. The number of hydrogen-bond acceptors (Lipinski definition) is 7. The summed E-state index contributed by atoms with van der Waals surface area (Å²) in [5.74, 6) is -4.15. The summed E-state index contributed by atoms with van der Waals surface area (Å²) in [7, 11) is -3.00. The highest BCUT2D eigenvalue weighted by atomic mass is 35.5. The number of carbonyl (C=O) groups is 1. The maximum atomic E-state index is 14.7. The van der Waals surface area contributed by atoms with E-state index in [-0.39, 0.29) is 25.4 Å². The van der Waals surface area contributed by atoms with E-state index in [1.54, 1.807) is 4.90 Å². The number of nitrogens with one attached hydrogen (secondary N) is 1. The molecule has 1 aliphatic rings. The van der Waals surface area contributed by atoms with Crippen LogP contribution in [-0.2, 0) is 19.6 Å². The number of halogens is 3.